The minimum Gasteiger partial charge on any atom is -0.204 e. The smallest absolute Gasteiger partial charge is 0.204 e. The minimum absolute atomic E-state index is 1.38. The van der Waals surface area contributed by atoms with E-state index in [1.807, 2.05) is 0 Å². The molecule has 0 aliphatic heterocycles. The Bertz CT molecular complexity index is 171. The molecule has 0 heterocycles. The van der Waals surface area contributed by atoms with Gasteiger partial charge >= 0.3 is 16.3 Å². The zero-order valence-electron chi connectivity index (χ0n) is 4.59. The van der Waals surface area contributed by atoms with Gasteiger partial charge in [-0.3, -0.25) is 0 Å². The summed E-state index contributed by atoms with van der Waals surface area (Å²) < 4.78 is 54.3. The van der Waals surface area contributed by atoms with Gasteiger partial charge in [0.1, 0.15) is 0 Å². The van der Waals surface area contributed by atoms with Crippen LogP contribution in [0.2, 0.25) is 0 Å². The van der Waals surface area contributed by atoms with Crippen molar-refractivity contribution in [3.8, 4) is 0 Å². The van der Waals surface area contributed by atoms with E-state index in [9.17, 15) is 22.0 Å². The number of rotatable bonds is 2. The molecule has 0 rings (SSSR count). The Labute approximate surface area is 71.4 Å². The molecule has 0 radical (unpaired) electrons. The first-order valence-corrected chi connectivity index (χ1v) is 3.19. The predicted molar refractivity (Wildman–Crippen MR) is 33.2 cm³/mol. The van der Waals surface area contributed by atoms with Gasteiger partial charge in [-0.1, -0.05) is 11.6 Å². The van der Waals surface area contributed by atoms with Crippen LogP contribution in [0, 0.1) is 0 Å². The van der Waals surface area contributed by atoms with Gasteiger partial charge in [0.05, 0.1) is 0 Å². The molecule has 0 aliphatic rings. The van der Waals surface area contributed by atoms with E-state index in [2.05, 4.69) is 11.6 Å². The van der Waals surface area contributed by atoms with E-state index in [0.29, 0.717) is 0 Å². The average Bonchev–Trinajstić information content (AvgIpc) is 1.56. The largest absolute Gasteiger partial charge is 0.404 e. The molecule has 66 valence electrons. The summed E-state index contributed by atoms with van der Waals surface area (Å²) in [6.45, 7) is 0. The summed E-state index contributed by atoms with van der Waals surface area (Å²) in [7, 11) is 0. The van der Waals surface area contributed by atoms with E-state index in [0.717, 1.165) is 0 Å². The first-order valence-electron chi connectivity index (χ1n) is 2.02. The predicted octanol–water partition coefficient (Wildman–Crippen LogP) is 3.13. The molecule has 0 N–H and O–H groups in total. The van der Waals surface area contributed by atoms with E-state index in [-0.39, 0.29) is 0 Å². The van der Waals surface area contributed by atoms with Crippen LogP contribution in [-0.4, -0.2) is 16.3 Å². The lowest BCUT2D eigenvalue weighted by atomic mass is 10.6. The van der Waals surface area contributed by atoms with Crippen molar-refractivity contribution in [2.75, 3.05) is 0 Å². The SMILES string of the molecule is FC(F)=NC(F)(F)C(F)(Cl)Br. The maximum Gasteiger partial charge on any atom is 0.404 e. The molecule has 0 saturated heterocycles. The summed E-state index contributed by atoms with van der Waals surface area (Å²) in [6, 6.07) is -4.69. The van der Waals surface area contributed by atoms with Gasteiger partial charge in [0, 0.05) is 0 Å². The molecule has 0 aromatic rings. The average molecular weight is 260 g/mol. The molecule has 8 heteroatoms. The Morgan fingerprint density at radius 2 is 1.64 bits per heavy atom. The maximum atomic E-state index is 12.0. The van der Waals surface area contributed by atoms with Gasteiger partial charge in [-0.25, -0.2) is 4.39 Å². The van der Waals surface area contributed by atoms with Crippen molar-refractivity contribution >= 4 is 33.8 Å². The van der Waals surface area contributed by atoms with Crippen LogP contribution in [0.1, 0.15) is 0 Å². The van der Waals surface area contributed by atoms with Crippen molar-refractivity contribution in [1.82, 2.24) is 0 Å². The molecule has 0 bridgehead atoms. The van der Waals surface area contributed by atoms with E-state index >= 15 is 0 Å². The van der Waals surface area contributed by atoms with Gasteiger partial charge in [-0.2, -0.15) is 22.6 Å². The second-order valence-corrected chi connectivity index (χ2v) is 3.46. The van der Waals surface area contributed by atoms with Gasteiger partial charge in [0.15, 0.2) is 0 Å². The van der Waals surface area contributed by atoms with Crippen molar-refractivity contribution in [2.45, 2.75) is 10.1 Å². The van der Waals surface area contributed by atoms with Crippen LogP contribution in [0.5, 0.6) is 0 Å². The fourth-order valence-electron chi connectivity index (χ4n) is 0.170. The van der Waals surface area contributed by atoms with Crippen LogP contribution in [0.15, 0.2) is 4.99 Å². The number of nitrogens with zero attached hydrogens (tertiary/aromatic N) is 1. The number of halogens is 7. The molecule has 0 amide bonds. The molecular weight excluding hydrogens is 260 g/mol. The number of hydrogen-bond acceptors (Lipinski definition) is 1. The van der Waals surface area contributed by atoms with E-state index in [1.165, 1.54) is 4.99 Å². The molecule has 11 heavy (non-hydrogen) atoms. The maximum absolute atomic E-state index is 12.0. The number of aliphatic imine (C=N–C) groups is 1. The van der Waals surface area contributed by atoms with Crippen molar-refractivity contribution < 1.29 is 22.0 Å². The third kappa shape index (κ3) is 3.33. The molecule has 0 spiro atoms. The summed E-state index contributed by atoms with van der Waals surface area (Å²) in [5.41, 5.74) is 0. The van der Waals surface area contributed by atoms with E-state index in [4.69, 9.17) is 0 Å². The monoisotopic (exact) mass is 259 g/mol. The van der Waals surface area contributed by atoms with Crippen LogP contribution >= 0.6 is 27.5 Å². The Hall–Kier alpha value is 0.0900. The summed E-state index contributed by atoms with van der Waals surface area (Å²) in [4.78, 5) is 1.38. The Morgan fingerprint density at radius 3 is 1.73 bits per heavy atom. The van der Waals surface area contributed by atoms with Gasteiger partial charge in [0.2, 0.25) is 0 Å². The lowest BCUT2D eigenvalue weighted by Crippen LogP contribution is -2.32. The minimum atomic E-state index is -4.69. The molecule has 0 aliphatic carbocycles. The van der Waals surface area contributed by atoms with Crippen LogP contribution < -0.4 is 0 Å². The van der Waals surface area contributed by atoms with E-state index < -0.39 is 16.3 Å². The fourth-order valence-corrected chi connectivity index (χ4v) is 0.300. The van der Waals surface area contributed by atoms with Crippen molar-refractivity contribution in [2.24, 2.45) is 4.99 Å². The second kappa shape index (κ2) is 3.22. The Kier molecular flexibility index (Phi) is 3.25. The molecule has 0 aromatic heterocycles. The summed E-state index contributed by atoms with van der Waals surface area (Å²) in [5, 5.41) is 0. The van der Waals surface area contributed by atoms with Gasteiger partial charge in [0.25, 0.3) is 0 Å². The second-order valence-electron chi connectivity index (χ2n) is 1.39. The summed E-state index contributed by atoms with van der Waals surface area (Å²) >= 11 is 5.97. The van der Waals surface area contributed by atoms with Crippen molar-refractivity contribution in [3.05, 3.63) is 0 Å². The Morgan fingerprint density at radius 1 is 1.27 bits per heavy atom. The highest BCUT2D eigenvalue weighted by Crippen LogP contribution is 2.42. The summed E-state index contributed by atoms with van der Waals surface area (Å²) in [6.07, 6.45) is -2.95. The van der Waals surface area contributed by atoms with Gasteiger partial charge in [-0.05, 0) is 15.9 Å². The molecular formula is C3BrClF5N. The quantitative estimate of drug-likeness (QED) is 0.313. The topological polar surface area (TPSA) is 12.4 Å². The lowest BCUT2D eigenvalue weighted by Gasteiger charge is -2.16. The number of hydrogen-bond donors (Lipinski definition) is 0. The normalized spacial score (nSPS) is 17.4. The summed E-state index contributed by atoms with van der Waals surface area (Å²) in [5.74, 6) is 0. The molecule has 1 nitrogen and oxygen atoms in total. The number of alkyl halides is 5. The standard InChI is InChI=1S/C3BrClF5N/c4-2(5,8)3(9,10)11-1(6)7. The van der Waals surface area contributed by atoms with Crippen LogP contribution in [0.25, 0.3) is 0 Å². The van der Waals surface area contributed by atoms with Crippen LogP contribution in [0.3, 0.4) is 0 Å². The fraction of sp³-hybridized carbons (Fsp3) is 0.667. The lowest BCUT2D eigenvalue weighted by molar-refractivity contribution is -0.0447. The van der Waals surface area contributed by atoms with E-state index in [1.54, 1.807) is 15.9 Å². The molecule has 1 atom stereocenters. The molecule has 0 saturated carbocycles. The molecule has 1 unspecified atom stereocenters. The first kappa shape index (κ1) is 11.1. The first-order chi connectivity index (χ1) is 4.67. The zero-order valence-corrected chi connectivity index (χ0v) is 6.93. The van der Waals surface area contributed by atoms with Gasteiger partial charge in [-0.15, -0.1) is 0 Å². The highest BCUT2D eigenvalue weighted by atomic mass is 79.9. The zero-order chi connectivity index (χ0) is 9.28. The molecule has 0 aromatic carbocycles. The van der Waals surface area contributed by atoms with Crippen LogP contribution in [-0.2, 0) is 0 Å². The third-order valence-electron chi connectivity index (χ3n) is 0.566. The van der Waals surface area contributed by atoms with Crippen molar-refractivity contribution in [1.29, 1.82) is 0 Å². The van der Waals surface area contributed by atoms with Crippen molar-refractivity contribution in [3.63, 3.8) is 0 Å². The molecule has 0 fully saturated rings. The highest BCUT2D eigenvalue weighted by molar-refractivity contribution is 9.10. The Balaban J connectivity index is 4.61. The van der Waals surface area contributed by atoms with Gasteiger partial charge < -0.3 is 0 Å². The van der Waals surface area contributed by atoms with Crippen LogP contribution in [0.4, 0.5) is 22.0 Å². The highest BCUT2D eigenvalue weighted by Gasteiger charge is 2.53. The third-order valence-corrected chi connectivity index (χ3v) is 1.27.